The van der Waals surface area contributed by atoms with Gasteiger partial charge in [-0.05, 0) is 33.6 Å². The van der Waals surface area contributed by atoms with Crippen LogP contribution in [0.15, 0.2) is 0 Å². The van der Waals surface area contributed by atoms with Crippen LogP contribution in [-0.2, 0) is 4.74 Å². The average Bonchev–Trinajstić information content (AvgIpc) is 2.44. The van der Waals surface area contributed by atoms with E-state index in [-0.39, 0.29) is 6.09 Å². The fourth-order valence-corrected chi connectivity index (χ4v) is 2.40. The third kappa shape index (κ3) is 6.28. The summed E-state index contributed by atoms with van der Waals surface area (Å²) in [7, 11) is 0. The monoisotopic (exact) mass is 273 g/mol. The van der Waals surface area contributed by atoms with Gasteiger partial charge in [-0.2, -0.15) is 0 Å². The van der Waals surface area contributed by atoms with Crippen LogP contribution in [0, 0.1) is 0 Å². The quantitative estimate of drug-likeness (QED) is 0.572. The van der Waals surface area contributed by atoms with Crippen LogP contribution in [0.2, 0.25) is 0 Å². The summed E-state index contributed by atoms with van der Waals surface area (Å²) < 4.78 is 6.46. The molecule has 4 nitrogen and oxygen atoms in total. The highest BCUT2D eigenvalue weighted by molar-refractivity contribution is 5.67. The topological polar surface area (TPSA) is 29.5 Å². The van der Waals surface area contributed by atoms with Gasteiger partial charge in [0.1, 0.15) is 13.2 Å². The second-order valence-electron chi connectivity index (χ2n) is 5.12. The largest absolute Gasteiger partial charge is 0.443 e. The van der Waals surface area contributed by atoms with E-state index < -0.39 is 0 Å². The minimum absolute atomic E-state index is 0.148. The van der Waals surface area contributed by atoms with Gasteiger partial charge in [0.05, 0.1) is 19.6 Å². The van der Waals surface area contributed by atoms with Gasteiger partial charge in [0.25, 0.3) is 0 Å². The molecule has 0 aromatic heterocycles. The molecule has 0 N–H and O–H groups in total. The summed E-state index contributed by atoms with van der Waals surface area (Å²) >= 11 is 0. The third-order valence-corrected chi connectivity index (χ3v) is 4.05. The van der Waals surface area contributed by atoms with E-state index >= 15 is 0 Å². The van der Waals surface area contributed by atoms with Gasteiger partial charge in [-0.25, -0.2) is 4.79 Å². The Morgan fingerprint density at radius 1 is 0.947 bits per heavy atom. The number of likely N-dealkylation sites (N-methyl/N-ethyl adjacent to an activating group) is 1. The van der Waals surface area contributed by atoms with E-state index in [9.17, 15) is 4.79 Å². The van der Waals surface area contributed by atoms with Crippen molar-refractivity contribution in [2.45, 2.75) is 47.5 Å². The molecule has 0 saturated carbocycles. The lowest BCUT2D eigenvalue weighted by Crippen LogP contribution is -2.50. The molecule has 0 rings (SSSR count). The number of rotatable bonds is 10. The molecule has 0 bridgehead atoms. The van der Waals surface area contributed by atoms with Crippen molar-refractivity contribution in [3.63, 3.8) is 0 Å². The summed E-state index contributed by atoms with van der Waals surface area (Å²) in [4.78, 5) is 13.8. The Kier molecular flexibility index (Phi) is 9.66. The van der Waals surface area contributed by atoms with Crippen LogP contribution in [-0.4, -0.2) is 61.4 Å². The van der Waals surface area contributed by atoms with Crippen LogP contribution >= 0.6 is 0 Å². The van der Waals surface area contributed by atoms with Crippen molar-refractivity contribution in [3.05, 3.63) is 0 Å². The molecule has 19 heavy (non-hydrogen) atoms. The maximum Gasteiger partial charge on any atom is 0.409 e. The average molecular weight is 273 g/mol. The van der Waals surface area contributed by atoms with Gasteiger partial charge in [0, 0.05) is 13.1 Å². The van der Waals surface area contributed by atoms with Gasteiger partial charge < -0.3 is 14.1 Å². The molecular weight excluding hydrogens is 240 g/mol. The summed E-state index contributed by atoms with van der Waals surface area (Å²) in [5, 5.41) is 0. The standard InChI is InChI=1S/C15H33N2O2/c1-6-11-16(12-7-2)15(18)19-14-13-17(8-3,9-4)10-5/h6-14H2,1-5H3/q+1. The fraction of sp³-hybridized carbons (Fsp3) is 0.933. The Balaban J connectivity index is 4.19. The van der Waals surface area contributed by atoms with E-state index in [2.05, 4.69) is 34.6 Å². The Bertz CT molecular complexity index is 226. The number of ether oxygens (including phenoxy) is 1. The molecule has 0 aliphatic carbocycles. The first-order valence-electron chi connectivity index (χ1n) is 7.85. The highest BCUT2D eigenvalue weighted by Gasteiger charge is 2.21. The van der Waals surface area contributed by atoms with Crippen LogP contribution in [0.5, 0.6) is 0 Å². The Hall–Kier alpha value is -0.770. The molecule has 4 heteroatoms. The smallest absolute Gasteiger partial charge is 0.409 e. The van der Waals surface area contributed by atoms with Crippen LogP contribution in [0.1, 0.15) is 47.5 Å². The van der Waals surface area contributed by atoms with Gasteiger partial charge in [-0.1, -0.05) is 13.8 Å². The SMILES string of the molecule is CCCN(CCC)C(=O)OCC[N+](CC)(CC)CC. The first-order valence-corrected chi connectivity index (χ1v) is 7.85. The molecule has 0 aromatic rings. The lowest BCUT2D eigenvalue weighted by Gasteiger charge is -2.35. The first-order chi connectivity index (χ1) is 9.09. The number of nitrogens with zero attached hydrogens (tertiary/aromatic N) is 2. The normalized spacial score (nSPS) is 11.4. The Morgan fingerprint density at radius 3 is 1.79 bits per heavy atom. The summed E-state index contributed by atoms with van der Waals surface area (Å²) in [6, 6.07) is 0. The number of amides is 1. The minimum atomic E-state index is -0.148. The molecule has 114 valence electrons. The molecular formula is C15H33N2O2+. The number of hydrogen-bond donors (Lipinski definition) is 0. The van der Waals surface area contributed by atoms with Gasteiger partial charge in [0.15, 0.2) is 0 Å². The lowest BCUT2D eigenvalue weighted by molar-refractivity contribution is -0.923. The highest BCUT2D eigenvalue weighted by Crippen LogP contribution is 2.06. The third-order valence-electron chi connectivity index (χ3n) is 4.05. The van der Waals surface area contributed by atoms with Crippen molar-refractivity contribution in [2.75, 3.05) is 45.9 Å². The zero-order valence-corrected chi connectivity index (χ0v) is 13.6. The molecule has 0 atom stereocenters. The van der Waals surface area contributed by atoms with E-state index in [0.29, 0.717) is 6.61 Å². The van der Waals surface area contributed by atoms with Crippen molar-refractivity contribution >= 4 is 6.09 Å². The summed E-state index contributed by atoms with van der Waals surface area (Å²) in [6.07, 6.45) is 1.81. The summed E-state index contributed by atoms with van der Waals surface area (Å²) in [5.41, 5.74) is 0. The lowest BCUT2D eigenvalue weighted by atomic mass is 10.3. The van der Waals surface area contributed by atoms with E-state index in [1.54, 1.807) is 0 Å². The number of carbonyl (C=O) groups is 1. The van der Waals surface area contributed by atoms with Gasteiger partial charge in [-0.15, -0.1) is 0 Å². The maximum atomic E-state index is 12.0. The van der Waals surface area contributed by atoms with E-state index in [0.717, 1.165) is 56.6 Å². The van der Waals surface area contributed by atoms with Gasteiger partial charge >= 0.3 is 6.09 Å². The molecule has 0 saturated heterocycles. The van der Waals surface area contributed by atoms with E-state index in [4.69, 9.17) is 4.74 Å². The highest BCUT2D eigenvalue weighted by atomic mass is 16.6. The first kappa shape index (κ1) is 18.2. The molecule has 0 heterocycles. The Morgan fingerprint density at radius 2 is 1.42 bits per heavy atom. The number of hydrogen-bond acceptors (Lipinski definition) is 2. The number of quaternary nitrogens is 1. The van der Waals surface area contributed by atoms with Crippen molar-refractivity contribution < 1.29 is 14.0 Å². The van der Waals surface area contributed by atoms with Crippen LogP contribution in [0.4, 0.5) is 4.79 Å². The minimum Gasteiger partial charge on any atom is -0.443 e. The van der Waals surface area contributed by atoms with Crippen molar-refractivity contribution in [3.8, 4) is 0 Å². The molecule has 0 aliphatic heterocycles. The molecule has 1 amide bonds. The van der Waals surface area contributed by atoms with Crippen LogP contribution < -0.4 is 0 Å². The molecule has 0 radical (unpaired) electrons. The maximum absolute atomic E-state index is 12.0. The van der Waals surface area contributed by atoms with E-state index in [1.807, 2.05) is 4.90 Å². The predicted molar refractivity (Wildman–Crippen MR) is 80.3 cm³/mol. The van der Waals surface area contributed by atoms with Crippen molar-refractivity contribution in [2.24, 2.45) is 0 Å². The second-order valence-corrected chi connectivity index (χ2v) is 5.12. The van der Waals surface area contributed by atoms with Crippen molar-refractivity contribution in [1.82, 2.24) is 4.90 Å². The number of carbonyl (C=O) groups excluding carboxylic acids is 1. The predicted octanol–water partition coefficient (Wildman–Crippen LogP) is 3.12. The summed E-state index contributed by atoms with van der Waals surface area (Å²) in [6.45, 7) is 17.1. The molecule has 0 aromatic carbocycles. The molecule has 0 fully saturated rings. The second kappa shape index (κ2) is 10.1. The Labute approximate surface area is 119 Å². The molecule has 0 unspecified atom stereocenters. The van der Waals surface area contributed by atoms with Crippen molar-refractivity contribution in [1.29, 1.82) is 0 Å². The van der Waals surface area contributed by atoms with Gasteiger partial charge in [-0.3, -0.25) is 0 Å². The van der Waals surface area contributed by atoms with E-state index in [1.165, 1.54) is 0 Å². The summed E-state index contributed by atoms with van der Waals surface area (Å²) in [5.74, 6) is 0. The zero-order valence-electron chi connectivity index (χ0n) is 13.6. The van der Waals surface area contributed by atoms with Gasteiger partial charge in [0.2, 0.25) is 0 Å². The molecule has 0 spiro atoms. The van der Waals surface area contributed by atoms with Crippen LogP contribution in [0.25, 0.3) is 0 Å². The fourth-order valence-electron chi connectivity index (χ4n) is 2.40. The molecule has 0 aliphatic rings. The van der Waals surface area contributed by atoms with Crippen LogP contribution in [0.3, 0.4) is 0 Å². The zero-order chi connectivity index (χ0) is 14.7.